The molecule has 0 bridgehead atoms. The van der Waals surface area contributed by atoms with Gasteiger partial charge in [-0.1, -0.05) is 30.3 Å². The van der Waals surface area contributed by atoms with Gasteiger partial charge in [0.1, 0.15) is 6.67 Å². The van der Waals surface area contributed by atoms with E-state index < -0.39 is 15.5 Å². The third-order valence-corrected chi connectivity index (χ3v) is 4.73. The Balaban J connectivity index is 2.89. The van der Waals surface area contributed by atoms with Gasteiger partial charge in [0.15, 0.2) is 0 Å². The predicted octanol–water partition coefficient (Wildman–Crippen LogP) is 1.11. The molecule has 0 atom stereocenters. The molecule has 0 unspecified atom stereocenters. The smallest absolute Gasteiger partial charge is 0.373 e. The van der Waals surface area contributed by atoms with Gasteiger partial charge < -0.3 is 13.3 Å². The number of rotatable bonds is 6. The fourth-order valence-electron chi connectivity index (χ4n) is 1.34. The zero-order valence-electron chi connectivity index (χ0n) is 8.90. The lowest BCUT2D eigenvalue weighted by Crippen LogP contribution is -2.55. The quantitative estimate of drug-likeness (QED) is 0.685. The van der Waals surface area contributed by atoms with Crippen LogP contribution < -0.4 is 5.19 Å². The van der Waals surface area contributed by atoms with Gasteiger partial charge >= 0.3 is 8.80 Å². The monoisotopic (exact) mass is 230 g/mol. The Bertz CT molecular complexity index is 277. The molecular formula is C10H15FO3Si. The average molecular weight is 230 g/mol. The number of hydrogen-bond donors (Lipinski definition) is 0. The fraction of sp³-hybridized carbons (Fsp3) is 0.400. The summed E-state index contributed by atoms with van der Waals surface area (Å²) in [5, 5.41) is 0.837. The largest absolute Gasteiger partial charge is 0.536 e. The van der Waals surface area contributed by atoms with E-state index in [4.69, 9.17) is 13.3 Å². The van der Waals surface area contributed by atoms with Gasteiger partial charge in [0.2, 0.25) is 0 Å². The Hall–Kier alpha value is -0.753. The molecular weight excluding hydrogens is 215 g/mol. The SMILES string of the molecule is CO[Si](OC)(OCCF)c1ccccc1. The topological polar surface area (TPSA) is 27.7 Å². The fourth-order valence-corrected chi connectivity index (χ4v) is 3.32. The van der Waals surface area contributed by atoms with Gasteiger partial charge in [-0.15, -0.1) is 0 Å². The van der Waals surface area contributed by atoms with E-state index in [0.717, 1.165) is 5.19 Å². The second-order valence-electron chi connectivity index (χ2n) is 2.87. The van der Waals surface area contributed by atoms with E-state index in [9.17, 15) is 4.39 Å². The molecule has 0 aromatic heterocycles. The normalized spacial score (nSPS) is 11.7. The lowest BCUT2D eigenvalue weighted by atomic mass is 10.4. The van der Waals surface area contributed by atoms with E-state index >= 15 is 0 Å². The standard InChI is InChI=1S/C10H15FO3Si/c1-12-15(13-2,14-9-8-11)10-6-4-3-5-7-10/h3-7H,8-9H2,1-2H3. The first-order chi connectivity index (χ1) is 7.29. The summed E-state index contributed by atoms with van der Waals surface area (Å²) in [6.07, 6.45) is 0. The maximum absolute atomic E-state index is 12.1. The summed E-state index contributed by atoms with van der Waals surface area (Å²) in [6.45, 7) is -0.558. The molecule has 5 heteroatoms. The van der Waals surface area contributed by atoms with E-state index in [1.54, 1.807) is 0 Å². The molecule has 0 heterocycles. The van der Waals surface area contributed by atoms with Crippen molar-refractivity contribution in [2.24, 2.45) is 0 Å². The minimum atomic E-state index is -2.88. The maximum Gasteiger partial charge on any atom is 0.536 e. The van der Waals surface area contributed by atoms with Gasteiger partial charge in [-0.2, -0.15) is 0 Å². The van der Waals surface area contributed by atoms with Crippen molar-refractivity contribution in [3.63, 3.8) is 0 Å². The van der Waals surface area contributed by atoms with Crippen LogP contribution in [0, 0.1) is 0 Å². The van der Waals surface area contributed by atoms with Crippen LogP contribution in [0.25, 0.3) is 0 Å². The molecule has 15 heavy (non-hydrogen) atoms. The second kappa shape index (κ2) is 5.97. The summed E-state index contributed by atoms with van der Waals surface area (Å²) in [7, 11) is 0.149. The Morgan fingerprint density at radius 2 is 1.73 bits per heavy atom. The molecule has 1 aromatic rings. The second-order valence-corrected chi connectivity index (χ2v) is 5.66. The first-order valence-electron chi connectivity index (χ1n) is 4.65. The van der Waals surface area contributed by atoms with Gasteiger partial charge in [-0.05, 0) is 0 Å². The molecule has 0 spiro atoms. The first kappa shape index (κ1) is 12.3. The van der Waals surface area contributed by atoms with Gasteiger partial charge in [0, 0.05) is 19.4 Å². The zero-order chi connectivity index (χ0) is 11.1. The predicted molar refractivity (Wildman–Crippen MR) is 57.8 cm³/mol. The van der Waals surface area contributed by atoms with Crippen LogP contribution in [-0.4, -0.2) is 36.3 Å². The Kier molecular flexibility index (Phi) is 4.90. The van der Waals surface area contributed by atoms with Crippen molar-refractivity contribution in [3.8, 4) is 0 Å². The highest BCUT2D eigenvalue weighted by Gasteiger charge is 2.41. The van der Waals surface area contributed by atoms with Gasteiger partial charge in [-0.3, -0.25) is 0 Å². The van der Waals surface area contributed by atoms with Crippen molar-refractivity contribution in [1.82, 2.24) is 0 Å². The minimum Gasteiger partial charge on any atom is -0.373 e. The molecule has 0 N–H and O–H groups in total. The number of halogens is 1. The van der Waals surface area contributed by atoms with E-state index in [-0.39, 0.29) is 6.61 Å². The third kappa shape index (κ3) is 2.85. The molecule has 0 aliphatic carbocycles. The number of alkyl halides is 1. The highest BCUT2D eigenvalue weighted by Crippen LogP contribution is 2.07. The molecule has 0 aliphatic rings. The van der Waals surface area contributed by atoms with Crippen molar-refractivity contribution in [1.29, 1.82) is 0 Å². The Labute approximate surface area is 90.1 Å². The highest BCUT2D eigenvalue weighted by molar-refractivity contribution is 6.75. The maximum atomic E-state index is 12.1. The molecule has 0 radical (unpaired) electrons. The van der Waals surface area contributed by atoms with Crippen LogP contribution in [0.15, 0.2) is 30.3 Å². The molecule has 0 amide bonds. The molecule has 0 aliphatic heterocycles. The Morgan fingerprint density at radius 3 is 2.20 bits per heavy atom. The molecule has 3 nitrogen and oxygen atoms in total. The minimum absolute atomic E-state index is 0.0111. The summed E-state index contributed by atoms with van der Waals surface area (Å²) < 4.78 is 28.1. The Morgan fingerprint density at radius 1 is 1.13 bits per heavy atom. The highest BCUT2D eigenvalue weighted by atomic mass is 28.4. The van der Waals surface area contributed by atoms with Crippen LogP contribution in [0.2, 0.25) is 0 Å². The molecule has 0 fully saturated rings. The van der Waals surface area contributed by atoms with Crippen LogP contribution in [0.5, 0.6) is 0 Å². The van der Waals surface area contributed by atoms with Crippen molar-refractivity contribution in [2.45, 2.75) is 0 Å². The zero-order valence-corrected chi connectivity index (χ0v) is 9.90. The lowest BCUT2D eigenvalue weighted by molar-refractivity contribution is 0.106. The third-order valence-electron chi connectivity index (χ3n) is 2.03. The van der Waals surface area contributed by atoms with Gasteiger partial charge in [0.25, 0.3) is 0 Å². The van der Waals surface area contributed by atoms with E-state index in [1.807, 2.05) is 30.3 Å². The van der Waals surface area contributed by atoms with Crippen molar-refractivity contribution in [3.05, 3.63) is 30.3 Å². The van der Waals surface area contributed by atoms with E-state index in [2.05, 4.69) is 0 Å². The number of benzene rings is 1. The van der Waals surface area contributed by atoms with Crippen LogP contribution in [-0.2, 0) is 13.3 Å². The summed E-state index contributed by atoms with van der Waals surface area (Å²) in [4.78, 5) is 0. The molecule has 1 rings (SSSR count). The molecule has 0 saturated heterocycles. The van der Waals surface area contributed by atoms with Crippen molar-refractivity contribution >= 4 is 14.0 Å². The summed E-state index contributed by atoms with van der Waals surface area (Å²) in [5.41, 5.74) is 0. The lowest BCUT2D eigenvalue weighted by Gasteiger charge is -2.25. The van der Waals surface area contributed by atoms with E-state index in [1.165, 1.54) is 14.2 Å². The van der Waals surface area contributed by atoms with E-state index in [0.29, 0.717) is 0 Å². The summed E-state index contributed by atoms with van der Waals surface area (Å²) >= 11 is 0. The van der Waals surface area contributed by atoms with Gasteiger partial charge in [-0.25, -0.2) is 4.39 Å². The van der Waals surface area contributed by atoms with Crippen LogP contribution in [0.1, 0.15) is 0 Å². The summed E-state index contributed by atoms with van der Waals surface area (Å²) in [6, 6.07) is 9.35. The molecule has 0 saturated carbocycles. The van der Waals surface area contributed by atoms with Crippen LogP contribution in [0.4, 0.5) is 4.39 Å². The van der Waals surface area contributed by atoms with Gasteiger partial charge in [0.05, 0.1) is 6.61 Å². The van der Waals surface area contributed by atoms with Crippen LogP contribution in [0.3, 0.4) is 0 Å². The molecule has 1 aromatic carbocycles. The van der Waals surface area contributed by atoms with Crippen molar-refractivity contribution in [2.75, 3.05) is 27.5 Å². The molecule has 84 valence electrons. The average Bonchev–Trinajstić information content (AvgIpc) is 2.33. The first-order valence-corrected chi connectivity index (χ1v) is 6.37. The number of hydrogen-bond acceptors (Lipinski definition) is 3. The summed E-state index contributed by atoms with van der Waals surface area (Å²) in [5.74, 6) is 0. The van der Waals surface area contributed by atoms with Crippen LogP contribution >= 0.6 is 0 Å². The van der Waals surface area contributed by atoms with Crippen molar-refractivity contribution < 1.29 is 17.7 Å².